The number of aromatic nitrogens is 6. The highest BCUT2D eigenvalue weighted by atomic mass is 16.7. The standard InChI is InChI=1S/C27H28N8O3/c1-18(36)38-35(27(2,3)4)26-30-23(20-9-6-8-19(12-20)14-28)13-24(31-26)25-16-34(33-32-25)15-21-10-7-11-22(29-21)17-37-5/h6-13,16H,15,17H2,1-5H3. The summed E-state index contributed by atoms with van der Waals surface area (Å²) in [6, 6.07) is 16.7. The molecule has 0 amide bonds. The summed E-state index contributed by atoms with van der Waals surface area (Å²) in [6.45, 7) is 7.78. The molecular weight excluding hydrogens is 484 g/mol. The van der Waals surface area contributed by atoms with Gasteiger partial charge in [-0.05, 0) is 51.1 Å². The number of benzene rings is 1. The molecule has 11 nitrogen and oxygen atoms in total. The number of rotatable bonds is 8. The first-order valence-electron chi connectivity index (χ1n) is 11.9. The Morgan fingerprint density at radius 1 is 1.03 bits per heavy atom. The van der Waals surface area contributed by atoms with Crippen molar-refractivity contribution in [3.63, 3.8) is 0 Å². The zero-order chi connectivity index (χ0) is 27.3. The Kier molecular flexibility index (Phi) is 7.74. The van der Waals surface area contributed by atoms with Gasteiger partial charge >= 0.3 is 5.97 Å². The smallest absolute Gasteiger partial charge is 0.329 e. The first-order valence-corrected chi connectivity index (χ1v) is 11.9. The molecule has 0 N–H and O–H groups in total. The Morgan fingerprint density at radius 3 is 2.47 bits per heavy atom. The highest BCUT2D eigenvalue weighted by Gasteiger charge is 2.29. The molecule has 0 spiro atoms. The van der Waals surface area contributed by atoms with Crippen molar-refractivity contribution >= 4 is 11.9 Å². The number of carbonyl (C=O) groups is 1. The van der Waals surface area contributed by atoms with E-state index in [4.69, 9.17) is 9.57 Å². The van der Waals surface area contributed by atoms with Gasteiger partial charge in [0.25, 0.3) is 5.95 Å². The van der Waals surface area contributed by atoms with Gasteiger partial charge in [0.1, 0.15) is 5.69 Å². The maximum absolute atomic E-state index is 11.9. The molecule has 194 valence electrons. The lowest BCUT2D eigenvalue weighted by atomic mass is 10.1. The molecule has 0 radical (unpaired) electrons. The zero-order valence-corrected chi connectivity index (χ0v) is 21.9. The summed E-state index contributed by atoms with van der Waals surface area (Å²) in [5.41, 5.74) is 3.68. The molecule has 0 aliphatic heterocycles. The highest BCUT2D eigenvalue weighted by Crippen LogP contribution is 2.29. The average Bonchev–Trinajstić information content (AvgIpc) is 3.35. The lowest BCUT2D eigenvalue weighted by Gasteiger charge is -2.33. The van der Waals surface area contributed by atoms with Crippen LogP contribution in [0.4, 0.5) is 5.95 Å². The minimum atomic E-state index is -0.646. The van der Waals surface area contributed by atoms with E-state index in [2.05, 4.69) is 31.3 Å². The minimum Gasteiger partial charge on any atom is -0.378 e. The summed E-state index contributed by atoms with van der Waals surface area (Å²) in [5.74, 6) is -0.331. The Balaban J connectivity index is 1.77. The number of anilines is 1. The lowest BCUT2D eigenvalue weighted by molar-refractivity contribution is -0.144. The molecule has 3 heterocycles. The second-order valence-corrected chi connectivity index (χ2v) is 9.53. The van der Waals surface area contributed by atoms with E-state index < -0.39 is 11.5 Å². The summed E-state index contributed by atoms with van der Waals surface area (Å²) >= 11 is 0. The molecule has 4 rings (SSSR count). The van der Waals surface area contributed by atoms with Crippen LogP contribution in [0.15, 0.2) is 54.7 Å². The van der Waals surface area contributed by atoms with Crippen molar-refractivity contribution in [3.8, 4) is 28.7 Å². The van der Waals surface area contributed by atoms with Crippen LogP contribution in [0.25, 0.3) is 22.6 Å². The second-order valence-electron chi connectivity index (χ2n) is 9.53. The van der Waals surface area contributed by atoms with Crippen molar-refractivity contribution in [2.45, 2.75) is 46.4 Å². The summed E-state index contributed by atoms with van der Waals surface area (Å²) in [5, 5.41) is 19.3. The topological polar surface area (TPSA) is 132 Å². The number of carbonyl (C=O) groups excluding carboxylic acids is 1. The van der Waals surface area contributed by atoms with Gasteiger partial charge in [-0.3, -0.25) is 9.78 Å². The quantitative estimate of drug-likeness (QED) is 0.320. The van der Waals surface area contributed by atoms with Gasteiger partial charge in [-0.1, -0.05) is 23.4 Å². The van der Waals surface area contributed by atoms with Gasteiger partial charge in [-0.2, -0.15) is 10.3 Å². The molecule has 38 heavy (non-hydrogen) atoms. The predicted molar refractivity (Wildman–Crippen MR) is 139 cm³/mol. The fourth-order valence-electron chi connectivity index (χ4n) is 3.66. The Labute approximate surface area is 220 Å². The molecule has 0 bridgehead atoms. The van der Waals surface area contributed by atoms with Crippen LogP contribution in [-0.4, -0.2) is 48.6 Å². The van der Waals surface area contributed by atoms with Crippen LogP contribution in [0.2, 0.25) is 0 Å². The molecule has 0 saturated heterocycles. The molecule has 3 aromatic heterocycles. The van der Waals surface area contributed by atoms with E-state index in [1.165, 1.54) is 12.0 Å². The average molecular weight is 513 g/mol. The van der Waals surface area contributed by atoms with Crippen LogP contribution in [0.3, 0.4) is 0 Å². The monoisotopic (exact) mass is 512 g/mol. The van der Waals surface area contributed by atoms with E-state index in [0.29, 0.717) is 41.4 Å². The molecule has 0 unspecified atom stereocenters. The molecule has 0 aliphatic carbocycles. The largest absolute Gasteiger partial charge is 0.378 e. The van der Waals surface area contributed by atoms with Crippen molar-refractivity contribution in [1.29, 1.82) is 5.26 Å². The highest BCUT2D eigenvalue weighted by molar-refractivity contribution is 5.70. The molecule has 11 heteroatoms. The summed E-state index contributed by atoms with van der Waals surface area (Å²) < 4.78 is 6.84. The lowest BCUT2D eigenvalue weighted by Crippen LogP contribution is -2.43. The Hall–Kier alpha value is -4.69. The van der Waals surface area contributed by atoms with Gasteiger partial charge in [0.2, 0.25) is 0 Å². The van der Waals surface area contributed by atoms with Crippen molar-refractivity contribution < 1.29 is 14.4 Å². The maximum Gasteiger partial charge on any atom is 0.329 e. The van der Waals surface area contributed by atoms with E-state index in [0.717, 1.165) is 11.4 Å². The van der Waals surface area contributed by atoms with Gasteiger partial charge in [0, 0.05) is 19.6 Å². The van der Waals surface area contributed by atoms with E-state index in [1.807, 2.05) is 45.0 Å². The molecule has 0 aliphatic rings. The van der Waals surface area contributed by atoms with E-state index >= 15 is 0 Å². The normalized spacial score (nSPS) is 11.2. The van der Waals surface area contributed by atoms with Crippen LogP contribution in [0.1, 0.15) is 44.6 Å². The number of pyridine rings is 1. The van der Waals surface area contributed by atoms with E-state index in [-0.39, 0.29) is 5.95 Å². The van der Waals surface area contributed by atoms with Gasteiger partial charge in [-0.25, -0.2) is 14.6 Å². The Bertz CT molecular complexity index is 1490. The molecular formula is C27H28N8O3. The van der Waals surface area contributed by atoms with Crippen LogP contribution >= 0.6 is 0 Å². The summed E-state index contributed by atoms with van der Waals surface area (Å²) in [4.78, 5) is 31.3. The predicted octanol–water partition coefficient (Wildman–Crippen LogP) is 3.95. The number of hydrogen-bond donors (Lipinski definition) is 0. The Morgan fingerprint density at radius 2 is 1.76 bits per heavy atom. The number of hydroxylamine groups is 1. The van der Waals surface area contributed by atoms with Crippen molar-refractivity contribution in [3.05, 3.63) is 71.7 Å². The zero-order valence-electron chi connectivity index (χ0n) is 21.9. The number of ether oxygens (including phenoxy) is 1. The summed E-state index contributed by atoms with van der Waals surface area (Å²) in [6.07, 6.45) is 1.76. The van der Waals surface area contributed by atoms with Crippen LogP contribution in [0, 0.1) is 11.3 Å². The maximum atomic E-state index is 11.9. The third-order valence-electron chi connectivity index (χ3n) is 5.29. The molecule has 4 aromatic rings. The van der Waals surface area contributed by atoms with Crippen LogP contribution in [0.5, 0.6) is 0 Å². The van der Waals surface area contributed by atoms with Gasteiger partial charge < -0.3 is 9.57 Å². The minimum absolute atomic E-state index is 0.172. The van der Waals surface area contributed by atoms with Crippen LogP contribution in [-0.2, 0) is 27.5 Å². The van der Waals surface area contributed by atoms with Crippen molar-refractivity contribution in [2.24, 2.45) is 0 Å². The van der Waals surface area contributed by atoms with Crippen LogP contribution < -0.4 is 5.06 Å². The first-order chi connectivity index (χ1) is 18.2. The van der Waals surface area contributed by atoms with E-state index in [9.17, 15) is 10.1 Å². The molecule has 1 aromatic carbocycles. The van der Waals surface area contributed by atoms with Gasteiger partial charge in [-0.15, -0.1) is 5.10 Å². The molecule has 0 saturated carbocycles. The van der Waals surface area contributed by atoms with Gasteiger partial charge in [0.05, 0.1) is 59.3 Å². The fourth-order valence-corrected chi connectivity index (χ4v) is 3.66. The molecule has 0 atom stereocenters. The van der Waals surface area contributed by atoms with E-state index in [1.54, 1.807) is 42.3 Å². The van der Waals surface area contributed by atoms with Gasteiger partial charge in [0.15, 0.2) is 0 Å². The SMILES string of the molecule is COCc1cccc(Cn2cc(-c3cc(-c4cccc(C#N)c4)nc(N(OC(C)=O)C(C)(C)C)n3)nn2)n1. The number of nitrogens with zero attached hydrogens (tertiary/aromatic N) is 8. The third-order valence-corrected chi connectivity index (χ3v) is 5.29. The van der Waals surface area contributed by atoms with Crippen molar-refractivity contribution in [2.75, 3.05) is 12.2 Å². The number of nitriles is 1. The fraction of sp³-hybridized carbons (Fsp3) is 0.296. The number of hydrogen-bond acceptors (Lipinski definition) is 10. The number of methoxy groups -OCH3 is 1. The van der Waals surface area contributed by atoms with Crippen molar-refractivity contribution in [1.82, 2.24) is 29.9 Å². The first kappa shape index (κ1) is 26.4. The second kappa shape index (κ2) is 11.1. The molecule has 0 fully saturated rings. The third kappa shape index (κ3) is 6.35. The summed E-state index contributed by atoms with van der Waals surface area (Å²) in [7, 11) is 1.63.